The monoisotopic (exact) mass is 297 g/mol. The van der Waals surface area contributed by atoms with Crippen LogP contribution in [-0.4, -0.2) is 32.1 Å². The second kappa shape index (κ2) is 6.56. The van der Waals surface area contributed by atoms with Gasteiger partial charge in [0, 0.05) is 18.5 Å². The molecule has 4 N–H and O–H groups in total. The highest BCUT2D eigenvalue weighted by Crippen LogP contribution is 2.38. The Morgan fingerprint density at radius 2 is 1.80 bits per heavy atom. The van der Waals surface area contributed by atoms with Crippen molar-refractivity contribution in [3.05, 3.63) is 17.2 Å². The van der Waals surface area contributed by atoms with Crippen molar-refractivity contribution < 1.29 is 20.1 Å². The fraction of sp³-hybridized carbons (Fsp3) is 0.429. The number of ketones is 1. The van der Waals surface area contributed by atoms with Crippen molar-refractivity contribution in [2.75, 3.05) is 0 Å². The van der Waals surface area contributed by atoms with Crippen molar-refractivity contribution in [1.29, 1.82) is 0 Å². The zero-order valence-electron chi connectivity index (χ0n) is 11.7. The fourth-order valence-corrected chi connectivity index (χ4v) is 2.12. The summed E-state index contributed by atoms with van der Waals surface area (Å²) in [6, 6.07) is 1.07. The molecule has 0 fully saturated rings. The average Bonchev–Trinajstić information content (AvgIpc) is 2.37. The zero-order chi connectivity index (χ0) is 15.4. The van der Waals surface area contributed by atoms with Gasteiger partial charge in [-0.1, -0.05) is 26.1 Å². The molecule has 110 valence electrons. The lowest BCUT2D eigenvalue weighted by molar-refractivity contribution is 0.0983. The Balaban J connectivity index is 3.33. The van der Waals surface area contributed by atoms with E-state index in [1.54, 1.807) is 6.92 Å². The van der Waals surface area contributed by atoms with Crippen molar-refractivity contribution in [3.8, 4) is 17.2 Å². The third-order valence-electron chi connectivity index (χ3n) is 3.08. The van der Waals surface area contributed by atoms with E-state index < -0.39 is 17.3 Å². The number of benzene rings is 1. The molecular weight excluding hydrogens is 278 g/mol. The highest BCUT2D eigenvalue weighted by Gasteiger charge is 2.24. The smallest absolute Gasteiger partial charge is 0.170 e. The number of hydrogen-bond donors (Lipinski definition) is 4. The highest BCUT2D eigenvalue weighted by molar-refractivity contribution is 7.80. The van der Waals surface area contributed by atoms with Crippen LogP contribution in [0.25, 0.3) is 0 Å². The summed E-state index contributed by atoms with van der Waals surface area (Å²) in [5, 5.41) is 32.6. The molecule has 0 saturated heterocycles. The van der Waals surface area contributed by atoms with Crippen LogP contribution < -0.4 is 5.32 Å². The van der Waals surface area contributed by atoms with Gasteiger partial charge in [0.25, 0.3) is 0 Å². The standard InChI is InChI=1S/C14H19NO4S/c1-4-7(3)15-14(20)12-10(18)6-9(17)11(13(12)19)8(16)5-2/h6-7,17-19H,4-5H2,1-3H3,(H,15,20). The van der Waals surface area contributed by atoms with Gasteiger partial charge in [-0.05, 0) is 13.3 Å². The molecule has 1 aromatic carbocycles. The maximum absolute atomic E-state index is 11.8. The number of hydrogen-bond acceptors (Lipinski definition) is 5. The first-order chi connectivity index (χ1) is 9.33. The van der Waals surface area contributed by atoms with Crippen LogP contribution in [0.5, 0.6) is 17.2 Å². The molecule has 0 aliphatic rings. The molecular formula is C14H19NO4S. The van der Waals surface area contributed by atoms with Gasteiger partial charge in [0.05, 0.1) is 5.56 Å². The van der Waals surface area contributed by atoms with Crippen LogP contribution in [0.15, 0.2) is 6.07 Å². The second-order valence-electron chi connectivity index (χ2n) is 4.57. The highest BCUT2D eigenvalue weighted by atomic mass is 32.1. The van der Waals surface area contributed by atoms with Gasteiger partial charge < -0.3 is 20.6 Å². The molecule has 0 aliphatic heterocycles. The molecule has 0 bridgehead atoms. The van der Waals surface area contributed by atoms with Crippen molar-refractivity contribution in [2.45, 2.75) is 39.7 Å². The Labute approximate surface area is 123 Å². The van der Waals surface area contributed by atoms with Gasteiger partial charge in [-0.15, -0.1) is 0 Å². The number of rotatable bonds is 5. The van der Waals surface area contributed by atoms with Crippen molar-refractivity contribution in [2.24, 2.45) is 0 Å². The minimum absolute atomic E-state index is 0.0325. The maximum Gasteiger partial charge on any atom is 0.170 e. The van der Waals surface area contributed by atoms with Crippen LogP contribution in [0, 0.1) is 0 Å². The predicted molar refractivity (Wildman–Crippen MR) is 80.6 cm³/mol. The van der Waals surface area contributed by atoms with Crippen LogP contribution in [0.3, 0.4) is 0 Å². The molecule has 1 aromatic rings. The van der Waals surface area contributed by atoms with E-state index >= 15 is 0 Å². The molecule has 5 nitrogen and oxygen atoms in total. The van der Waals surface area contributed by atoms with Gasteiger partial charge in [-0.25, -0.2) is 0 Å². The number of carbonyl (C=O) groups excluding carboxylic acids is 1. The minimum atomic E-state index is -0.491. The first-order valence-corrected chi connectivity index (χ1v) is 6.86. The Kier molecular flexibility index (Phi) is 5.33. The van der Waals surface area contributed by atoms with Gasteiger partial charge in [0.15, 0.2) is 5.78 Å². The van der Waals surface area contributed by atoms with Crippen molar-refractivity contribution in [3.63, 3.8) is 0 Å². The molecule has 0 heterocycles. The summed E-state index contributed by atoms with van der Waals surface area (Å²) in [7, 11) is 0. The van der Waals surface area contributed by atoms with E-state index in [1.165, 1.54) is 0 Å². The molecule has 1 unspecified atom stereocenters. The van der Waals surface area contributed by atoms with Gasteiger partial charge in [-0.2, -0.15) is 0 Å². The fourth-order valence-electron chi connectivity index (χ4n) is 1.72. The van der Waals surface area contributed by atoms with Crippen LogP contribution in [0.1, 0.15) is 49.5 Å². The first kappa shape index (κ1) is 16.2. The minimum Gasteiger partial charge on any atom is -0.507 e. The SMILES string of the molecule is CCC(=O)c1c(O)cc(O)c(C(=S)NC(C)CC)c1O. The summed E-state index contributed by atoms with van der Waals surface area (Å²) in [6.07, 6.45) is 0.928. The molecule has 0 radical (unpaired) electrons. The Morgan fingerprint density at radius 3 is 2.30 bits per heavy atom. The third kappa shape index (κ3) is 3.19. The van der Waals surface area contributed by atoms with E-state index in [9.17, 15) is 20.1 Å². The number of Topliss-reactive ketones (excluding diaryl/α,β-unsaturated/α-hetero) is 1. The number of carbonyl (C=O) groups is 1. The van der Waals surface area contributed by atoms with Gasteiger partial charge in [0.2, 0.25) is 0 Å². The predicted octanol–water partition coefficient (Wildman–Crippen LogP) is 2.46. The van der Waals surface area contributed by atoms with Crippen LogP contribution in [-0.2, 0) is 0 Å². The number of aromatic hydroxyl groups is 3. The van der Waals surface area contributed by atoms with Crippen LogP contribution in [0.2, 0.25) is 0 Å². The summed E-state index contributed by atoms with van der Waals surface area (Å²) in [6.45, 7) is 5.48. The Hall–Kier alpha value is -1.82. The number of thiocarbonyl (C=S) groups is 1. The van der Waals surface area contributed by atoms with Gasteiger partial charge in [0.1, 0.15) is 27.8 Å². The van der Waals surface area contributed by atoms with E-state index in [2.05, 4.69) is 5.32 Å². The normalized spacial score (nSPS) is 11.9. The lowest BCUT2D eigenvalue weighted by Crippen LogP contribution is -2.31. The van der Waals surface area contributed by atoms with E-state index in [4.69, 9.17) is 12.2 Å². The van der Waals surface area contributed by atoms with Crippen molar-refractivity contribution >= 4 is 23.0 Å². The summed E-state index contributed by atoms with van der Waals surface area (Å²) < 4.78 is 0. The Bertz CT molecular complexity index is 542. The molecule has 0 aromatic heterocycles. The molecule has 0 aliphatic carbocycles. The van der Waals surface area contributed by atoms with Crippen LogP contribution >= 0.6 is 12.2 Å². The van der Waals surface area contributed by atoms with Crippen molar-refractivity contribution in [1.82, 2.24) is 5.32 Å². The molecule has 6 heteroatoms. The van der Waals surface area contributed by atoms with E-state index in [-0.39, 0.29) is 34.3 Å². The topological polar surface area (TPSA) is 89.8 Å². The lowest BCUT2D eigenvalue weighted by Gasteiger charge is -2.17. The van der Waals surface area contributed by atoms with Gasteiger partial charge >= 0.3 is 0 Å². The zero-order valence-corrected chi connectivity index (χ0v) is 12.5. The summed E-state index contributed by atoms with van der Waals surface area (Å²) >= 11 is 5.14. The largest absolute Gasteiger partial charge is 0.507 e. The number of phenols is 3. The number of nitrogens with one attached hydrogen (secondary N) is 1. The molecule has 0 saturated carbocycles. The van der Waals surface area contributed by atoms with E-state index in [0.29, 0.717) is 0 Å². The second-order valence-corrected chi connectivity index (χ2v) is 4.98. The maximum atomic E-state index is 11.8. The molecule has 0 amide bonds. The quantitative estimate of drug-likeness (QED) is 0.493. The van der Waals surface area contributed by atoms with Crippen LogP contribution in [0.4, 0.5) is 0 Å². The molecule has 1 atom stereocenters. The first-order valence-electron chi connectivity index (χ1n) is 6.45. The Morgan fingerprint density at radius 1 is 1.25 bits per heavy atom. The number of phenolic OH excluding ortho intramolecular Hbond substituents is 3. The third-order valence-corrected chi connectivity index (χ3v) is 3.40. The molecule has 1 rings (SSSR count). The molecule has 0 spiro atoms. The van der Waals surface area contributed by atoms with E-state index in [0.717, 1.165) is 12.5 Å². The summed E-state index contributed by atoms with van der Waals surface area (Å²) in [5.74, 6) is -1.74. The summed E-state index contributed by atoms with van der Waals surface area (Å²) in [4.78, 5) is 11.9. The molecule has 20 heavy (non-hydrogen) atoms. The van der Waals surface area contributed by atoms with Gasteiger partial charge in [-0.3, -0.25) is 4.79 Å². The average molecular weight is 297 g/mol. The van der Waals surface area contributed by atoms with E-state index in [1.807, 2.05) is 13.8 Å². The lowest BCUT2D eigenvalue weighted by atomic mass is 10.0. The summed E-state index contributed by atoms with van der Waals surface area (Å²) in [5.41, 5.74) is -0.247.